The van der Waals surface area contributed by atoms with E-state index in [0.717, 1.165) is 42.1 Å². The summed E-state index contributed by atoms with van der Waals surface area (Å²) in [6.45, 7) is -0.206. The van der Waals surface area contributed by atoms with Crippen LogP contribution in [0, 0.1) is 0 Å². The van der Waals surface area contributed by atoms with Gasteiger partial charge in [0.1, 0.15) is 11.5 Å². The lowest BCUT2D eigenvalue weighted by atomic mass is 10.1. The third kappa shape index (κ3) is 5.03. The first-order chi connectivity index (χ1) is 11.6. The zero-order chi connectivity index (χ0) is 17.5. The van der Waals surface area contributed by atoms with Gasteiger partial charge in [0.2, 0.25) is 0 Å². The number of nitrogens with zero attached hydrogens (tertiary/aromatic N) is 1. The summed E-state index contributed by atoms with van der Waals surface area (Å²) in [4.78, 5) is 2.13. The monoisotopic (exact) mass is 345 g/mol. The highest BCUT2D eigenvalue weighted by Crippen LogP contribution is 2.30. The molecule has 1 saturated heterocycles. The van der Waals surface area contributed by atoms with E-state index in [4.69, 9.17) is 14.2 Å². The minimum absolute atomic E-state index is 0.384. The number of hydrogen-bond acceptors (Lipinski definition) is 5. The molecule has 0 saturated carbocycles. The van der Waals surface area contributed by atoms with Crippen LogP contribution in [0.5, 0.6) is 11.5 Å². The minimum Gasteiger partial charge on any atom is -0.496 e. The first kappa shape index (κ1) is 18.9. The van der Waals surface area contributed by atoms with Gasteiger partial charge in [-0.2, -0.15) is 8.78 Å². The Bertz CT molecular complexity index is 528. The smallest absolute Gasteiger partial charge is 0.345 e. The van der Waals surface area contributed by atoms with Gasteiger partial charge in [-0.15, -0.1) is 0 Å². The van der Waals surface area contributed by atoms with Gasteiger partial charge in [-0.1, -0.05) is 0 Å². The summed E-state index contributed by atoms with van der Waals surface area (Å²) < 4.78 is 45.2. The second kappa shape index (κ2) is 9.15. The zero-order valence-corrected chi connectivity index (χ0v) is 14.4. The fraction of sp³-hybridized carbons (Fsp3) is 0.647. The van der Waals surface area contributed by atoms with E-state index in [0.29, 0.717) is 19.6 Å². The van der Waals surface area contributed by atoms with E-state index in [1.54, 1.807) is 21.3 Å². The molecule has 0 spiro atoms. The zero-order valence-electron chi connectivity index (χ0n) is 14.4. The molecule has 0 aliphatic carbocycles. The van der Waals surface area contributed by atoms with Crippen LogP contribution < -0.4 is 9.47 Å². The van der Waals surface area contributed by atoms with Crippen LogP contribution in [-0.4, -0.2) is 58.6 Å². The fourth-order valence-electron chi connectivity index (χ4n) is 3.02. The molecule has 1 aliphatic rings. The third-order valence-electron chi connectivity index (χ3n) is 4.21. The molecule has 5 nitrogen and oxygen atoms in total. The summed E-state index contributed by atoms with van der Waals surface area (Å²) in [7, 11) is 4.88. The Hall–Kier alpha value is -1.44. The molecule has 1 heterocycles. The number of hydrogen-bond donors (Lipinski definition) is 0. The average Bonchev–Trinajstić information content (AvgIpc) is 3.00. The van der Waals surface area contributed by atoms with Crippen molar-refractivity contribution in [2.45, 2.75) is 32.2 Å². The van der Waals surface area contributed by atoms with Crippen molar-refractivity contribution in [3.8, 4) is 11.5 Å². The number of halogens is 2. The van der Waals surface area contributed by atoms with E-state index in [1.807, 2.05) is 12.1 Å². The molecule has 1 fully saturated rings. The Morgan fingerprint density at radius 2 is 1.79 bits per heavy atom. The van der Waals surface area contributed by atoms with Crippen LogP contribution in [0.4, 0.5) is 8.78 Å². The molecule has 136 valence electrons. The molecular formula is C17H25F2NO4. The van der Waals surface area contributed by atoms with Crippen molar-refractivity contribution in [3.05, 3.63) is 23.3 Å². The van der Waals surface area contributed by atoms with E-state index >= 15 is 0 Å². The molecular weight excluding hydrogens is 320 g/mol. The molecule has 1 aliphatic heterocycles. The van der Waals surface area contributed by atoms with E-state index in [9.17, 15) is 8.78 Å². The van der Waals surface area contributed by atoms with Crippen LogP contribution in [0.15, 0.2) is 12.1 Å². The molecule has 7 heteroatoms. The van der Waals surface area contributed by atoms with Gasteiger partial charge < -0.3 is 23.8 Å². The number of ether oxygens (including phenoxy) is 4. The Kier molecular flexibility index (Phi) is 7.20. The highest BCUT2D eigenvalue weighted by molar-refractivity contribution is 5.46. The topological polar surface area (TPSA) is 40.2 Å². The molecule has 1 atom stereocenters. The average molecular weight is 345 g/mol. The summed E-state index contributed by atoms with van der Waals surface area (Å²) in [6, 6.07) is 3.88. The van der Waals surface area contributed by atoms with Crippen molar-refractivity contribution in [1.29, 1.82) is 0 Å². The van der Waals surface area contributed by atoms with Gasteiger partial charge in [0, 0.05) is 32.3 Å². The summed E-state index contributed by atoms with van der Waals surface area (Å²) in [5.74, 6) is 1.54. The van der Waals surface area contributed by atoms with Gasteiger partial charge in [-0.25, -0.2) is 0 Å². The van der Waals surface area contributed by atoms with Gasteiger partial charge in [-0.05, 0) is 30.5 Å². The predicted octanol–water partition coefficient (Wildman–Crippen LogP) is 2.71. The quantitative estimate of drug-likeness (QED) is 0.688. The molecule has 0 radical (unpaired) electrons. The van der Waals surface area contributed by atoms with Crippen molar-refractivity contribution in [2.24, 2.45) is 0 Å². The summed E-state index contributed by atoms with van der Waals surface area (Å²) in [6.07, 6.45) is 0.997. The van der Waals surface area contributed by atoms with Crippen molar-refractivity contribution in [1.82, 2.24) is 4.90 Å². The van der Waals surface area contributed by atoms with Gasteiger partial charge in [0.15, 0.2) is 0 Å². The maximum absolute atomic E-state index is 12.3. The van der Waals surface area contributed by atoms with Crippen LogP contribution in [0.1, 0.15) is 17.5 Å². The van der Waals surface area contributed by atoms with Crippen LogP contribution in [0.3, 0.4) is 0 Å². The van der Waals surface area contributed by atoms with Crippen molar-refractivity contribution < 1.29 is 27.7 Å². The van der Waals surface area contributed by atoms with E-state index in [2.05, 4.69) is 9.64 Å². The molecule has 1 aromatic rings. The lowest BCUT2D eigenvalue weighted by molar-refractivity contribution is -0.158. The third-order valence-corrected chi connectivity index (χ3v) is 4.21. The first-order valence-electron chi connectivity index (χ1n) is 7.96. The van der Waals surface area contributed by atoms with E-state index in [1.165, 1.54) is 0 Å². The first-order valence-corrected chi connectivity index (χ1v) is 7.96. The van der Waals surface area contributed by atoms with Crippen molar-refractivity contribution in [2.75, 3.05) is 41.0 Å². The van der Waals surface area contributed by atoms with Crippen LogP contribution in [-0.2, 0) is 22.5 Å². The molecule has 2 rings (SSSR count). The molecule has 0 N–H and O–H groups in total. The second-order valence-corrected chi connectivity index (χ2v) is 5.77. The highest BCUT2D eigenvalue weighted by Gasteiger charge is 2.25. The second-order valence-electron chi connectivity index (χ2n) is 5.77. The summed E-state index contributed by atoms with van der Waals surface area (Å²) in [5, 5.41) is 0. The fourth-order valence-corrected chi connectivity index (χ4v) is 3.02. The molecule has 24 heavy (non-hydrogen) atoms. The van der Waals surface area contributed by atoms with E-state index in [-0.39, 0.29) is 6.10 Å². The molecule has 0 bridgehead atoms. The minimum atomic E-state index is -2.70. The molecule has 0 amide bonds. The van der Waals surface area contributed by atoms with Gasteiger partial charge in [0.25, 0.3) is 0 Å². The van der Waals surface area contributed by atoms with Gasteiger partial charge >= 0.3 is 6.61 Å². The molecule has 0 aromatic heterocycles. The van der Waals surface area contributed by atoms with Crippen LogP contribution >= 0.6 is 0 Å². The van der Waals surface area contributed by atoms with Gasteiger partial charge in [-0.3, -0.25) is 0 Å². The summed E-state index contributed by atoms with van der Waals surface area (Å²) in [5.41, 5.74) is 1.94. The maximum atomic E-state index is 12.3. The van der Waals surface area contributed by atoms with Crippen LogP contribution in [0.2, 0.25) is 0 Å². The number of benzene rings is 1. The largest absolute Gasteiger partial charge is 0.496 e. The Balaban J connectivity index is 1.99. The maximum Gasteiger partial charge on any atom is 0.345 e. The Morgan fingerprint density at radius 1 is 1.12 bits per heavy atom. The Labute approximate surface area is 141 Å². The standard InChI is InChI=1S/C17H25F2NO4/c1-21-11-13-9-15(22-2)12(8-16(13)23-3)4-6-20-7-5-14(10-20)24-17(18)19/h8-9,14,17H,4-7,10-11H2,1-3H3. The normalized spacial score (nSPS) is 18.3. The number of methoxy groups -OCH3 is 3. The predicted molar refractivity (Wildman–Crippen MR) is 85.9 cm³/mol. The van der Waals surface area contributed by atoms with Crippen molar-refractivity contribution in [3.63, 3.8) is 0 Å². The van der Waals surface area contributed by atoms with E-state index < -0.39 is 6.61 Å². The summed E-state index contributed by atoms with van der Waals surface area (Å²) >= 11 is 0. The van der Waals surface area contributed by atoms with Crippen LogP contribution in [0.25, 0.3) is 0 Å². The lowest BCUT2D eigenvalue weighted by Crippen LogP contribution is -2.26. The lowest BCUT2D eigenvalue weighted by Gasteiger charge is -2.18. The van der Waals surface area contributed by atoms with Crippen molar-refractivity contribution >= 4 is 0 Å². The Morgan fingerprint density at radius 3 is 2.42 bits per heavy atom. The SMILES string of the molecule is COCc1cc(OC)c(CCN2CCC(OC(F)F)C2)cc1OC. The number of likely N-dealkylation sites (tertiary alicyclic amines) is 1. The molecule has 1 unspecified atom stereocenters. The highest BCUT2D eigenvalue weighted by atomic mass is 19.3. The molecule has 1 aromatic carbocycles. The number of alkyl halides is 2. The number of rotatable bonds is 9. The van der Waals surface area contributed by atoms with Gasteiger partial charge in [0.05, 0.1) is 26.9 Å².